The fourth-order valence-electron chi connectivity index (χ4n) is 4.01. The summed E-state index contributed by atoms with van der Waals surface area (Å²) in [5.74, 6) is 0.896. The van der Waals surface area contributed by atoms with E-state index in [-0.39, 0.29) is 5.41 Å². The molecular weight excluding hydrogens is 372 g/mol. The predicted octanol–water partition coefficient (Wildman–Crippen LogP) is 5.23. The van der Waals surface area contributed by atoms with Crippen LogP contribution in [0.5, 0.6) is 5.75 Å². The Morgan fingerprint density at radius 3 is 2.40 bits per heavy atom. The van der Waals surface area contributed by atoms with E-state index in [2.05, 4.69) is 79.1 Å². The van der Waals surface area contributed by atoms with Gasteiger partial charge in [0.15, 0.2) is 0 Å². The highest BCUT2D eigenvalue weighted by Crippen LogP contribution is 2.25. The van der Waals surface area contributed by atoms with Crippen LogP contribution >= 0.6 is 0 Å². The van der Waals surface area contributed by atoms with Crippen LogP contribution in [0.2, 0.25) is 0 Å². The predicted molar refractivity (Wildman–Crippen MR) is 125 cm³/mol. The first-order chi connectivity index (χ1) is 14.4. The van der Waals surface area contributed by atoms with Gasteiger partial charge in [0.25, 0.3) is 0 Å². The first kappa shape index (κ1) is 22.6. The first-order valence-corrected chi connectivity index (χ1v) is 11.2. The highest BCUT2D eigenvalue weighted by atomic mass is 16.5. The average Bonchev–Trinajstić information content (AvgIpc) is 3.27. The maximum Gasteiger partial charge on any atom is 0.120 e. The Labute approximate surface area is 182 Å². The number of methoxy groups -OCH3 is 1. The number of hydrogen-bond donors (Lipinski definition) is 0. The van der Waals surface area contributed by atoms with E-state index in [1.54, 1.807) is 7.11 Å². The van der Waals surface area contributed by atoms with Gasteiger partial charge in [-0.1, -0.05) is 57.2 Å². The van der Waals surface area contributed by atoms with Crippen molar-refractivity contribution in [2.45, 2.75) is 46.2 Å². The third kappa shape index (κ3) is 7.03. The zero-order chi connectivity index (χ0) is 21.4. The number of likely N-dealkylation sites (tertiary alicyclic amines) is 1. The Morgan fingerprint density at radius 2 is 1.73 bits per heavy atom. The molecule has 1 unspecified atom stereocenters. The molecule has 0 radical (unpaired) electrons. The van der Waals surface area contributed by atoms with E-state index in [9.17, 15) is 0 Å². The molecule has 0 saturated carbocycles. The lowest BCUT2D eigenvalue weighted by Crippen LogP contribution is -2.46. The summed E-state index contributed by atoms with van der Waals surface area (Å²) < 4.78 is 11.7. The molecule has 1 aliphatic heterocycles. The average molecular weight is 411 g/mol. The summed E-state index contributed by atoms with van der Waals surface area (Å²) in [7, 11) is 1.73. The molecule has 0 aromatic heterocycles. The second kappa shape index (κ2) is 10.8. The molecule has 1 aliphatic rings. The lowest BCUT2D eigenvalue weighted by molar-refractivity contribution is 0.0318. The van der Waals surface area contributed by atoms with E-state index < -0.39 is 0 Å². The van der Waals surface area contributed by atoms with Crippen LogP contribution in [0.4, 0.5) is 5.69 Å². The molecule has 0 spiro atoms. The van der Waals surface area contributed by atoms with Crippen molar-refractivity contribution in [1.29, 1.82) is 0 Å². The molecule has 1 atom stereocenters. The number of ether oxygens (including phenoxy) is 2. The summed E-state index contributed by atoms with van der Waals surface area (Å²) in [4.78, 5) is 5.09. The molecule has 3 rings (SSSR count). The van der Waals surface area contributed by atoms with Gasteiger partial charge in [-0.05, 0) is 49.0 Å². The molecule has 1 saturated heterocycles. The molecule has 2 aromatic carbocycles. The van der Waals surface area contributed by atoms with Crippen LogP contribution < -0.4 is 9.64 Å². The highest BCUT2D eigenvalue weighted by molar-refractivity contribution is 5.51. The zero-order valence-electron chi connectivity index (χ0n) is 19.1. The summed E-state index contributed by atoms with van der Waals surface area (Å²) >= 11 is 0. The van der Waals surface area contributed by atoms with Crippen LogP contribution in [-0.4, -0.2) is 50.9 Å². The van der Waals surface area contributed by atoms with Crippen molar-refractivity contribution in [2.75, 3.05) is 44.9 Å². The zero-order valence-corrected chi connectivity index (χ0v) is 19.1. The third-order valence-corrected chi connectivity index (χ3v) is 5.57. The number of benzene rings is 2. The van der Waals surface area contributed by atoms with Gasteiger partial charge in [-0.25, -0.2) is 0 Å². The maximum absolute atomic E-state index is 6.21. The topological polar surface area (TPSA) is 24.9 Å². The van der Waals surface area contributed by atoms with Crippen molar-refractivity contribution < 1.29 is 9.47 Å². The Balaban J connectivity index is 1.79. The summed E-state index contributed by atoms with van der Waals surface area (Å²) in [6.07, 6.45) is 2.57. The van der Waals surface area contributed by atoms with Gasteiger partial charge in [0.2, 0.25) is 0 Å². The maximum atomic E-state index is 6.21. The fraction of sp³-hybridized carbons (Fsp3) is 0.538. The standard InChI is InChI=1S/C26H38N2O2/c1-26(2,3)21-30-20-24(27-15-8-9-16-27)19-28(18-22-11-6-5-7-12-22)23-13-10-14-25(17-23)29-4/h5-7,10-14,17,24H,8-9,15-16,18-21H2,1-4H3. The van der Waals surface area contributed by atoms with Crippen LogP contribution in [0.3, 0.4) is 0 Å². The molecule has 1 fully saturated rings. The highest BCUT2D eigenvalue weighted by Gasteiger charge is 2.25. The van der Waals surface area contributed by atoms with E-state index in [1.165, 1.54) is 37.2 Å². The summed E-state index contributed by atoms with van der Waals surface area (Å²) in [5.41, 5.74) is 2.70. The third-order valence-electron chi connectivity index (χ3n) is 5.57. The second-order valence-electron chi connectivity index (χ2n) is 9.54. The Bertz CT molecular complexity index is 751. The minimum atomic E-state index is 0.187. The Morgan fingerprint density at radius 1 is 1.00 bits per heavy atom. The number of hydrogen-bond acceptors (Lipinski definition) is 4. The number of anilines is 1. The van der Waals surface area contributed by atoms with Crippen LogP contribution in [0.25, 0.3) is 0 Å². The quantitative estimate of drug-likeness (QED) is 0.535. The van der Waals surface area contributed by atoms with Crippen molar-refractivity contribution in [2.24, 2.45) is 5.41 Å². The Hall–Kier alpha value is -2.04. The van der Waals surface area contributed by atoms with Crippen molar-refractivity contribution >= 4 is 5.69 Å². The van der Waals surface area contributed by atoms with E-state index in [0.29, 0.717) is 6.04 Å². The van der Waals surface area contributed by atoms with Crippen LogP contribution in [-0.2, 0) is 11.3 Å². The number of nitrogens with zero attached hydrogens (tertiary/aromatic N) is 2. The van der Waals surface area contributed by atoms with Crippen LogP contribution in [0.1, 0.15) is 39.2 Å². The van der Waals surface area contributed by atoms with E-state index >= 15 is 0 Å². The SMILES string of the molecule is COc1cccc(N(Cc2ccccc2)CC(COCC(C)(C)C)N2CCCC2)c1. The molecular formula is C26H38N2O2. The minimum Gasteiger partial charge on any atom is -0.497 e. The van der Waals surface area contributed by atoms with Gasteiger partial charge in [-0.15, -0.1) is 0 Å². The van der Waals surface area contributed by atoms with Crippen LogP contribution in [0.15, 0.2) is 54.6 Å². The Kier molecular flexibility index (Phi) is 8.17. The lowest BCUT2D eigenvalue weighted by atomic mass is 9.99. The largest absolute Gasteiger partial charge is 0.497 e. The smallest absolute Gasteiger partial charge is 0.120 e. The van der Waals surface area contributed by atoms with Crippen molar-refractivity contribution in [3.63, 3.8) is 0 Å². The van der Waals surface area contributed by atoms with Gasteiger partial charge in [0.05, 0.1) is 26.4 Å². The molecule has 0 aliphatic carbocycles. The fourth-order valence-corrected chi connectivity index (χ4v) is 4.01. The molecule has 0 N–H and O–H groups in total. The van der Waals surface area contributed by atoms with Crippen LogP contribution in [0, 0.1) is 5.41 Å². The van der Waals surface area contributed by atoms with E-state index in [0.717, 1.165) is 32.1 Å². The first-order valence-electron chi connectivity index (χ1n) is 11.2. The van der Waals surface area contributed by atoms with E-state index in [1.807, 2.05) is 6.07 Å². The van der Waals surface area contributed by atoms with Gasteiger partial charge in [0, 0.05) is 24.8 Å². The molecule has 30 heavy (non-hydrogen) atoms. The molecule has 0 bridgehead atoms. The summed E-state index contributed by atoms with van der Waals surface area (Å²) in [6, 6.07) is 19.5. The summed E-state index contributed by atoms with van der Waals surface area (Å²) in [6.45, 7) is 12.4. The van der Waals surface area contributed by atoms with Gasteiger partial charge in [0.1, 0.15) is 5.75 Å². The lowest BCUT2D eigenvalue weighted by Gasteiger charge is -2.35. The number of rotatable bonds is 10. The summed E-state index contributed by atoms with van der Waals surface area (Å²) in [5, 5.41) is 0. The van der Waals surface area contributed by atoms with Crippen molar-refractivity contribution in [1.82, 2.24) is 4.90 Å². The van der Waals surface area contributed by atoms with E-state index in [4.69, 9.17) is 9.47 Å². The molecule has 1 heterocycles. The van der Waals surface area contributed by atoms with Crippen molar-refractivity contribution in [3.05, 3.63) is 60.2 Å². The van der Waals surface area contributed by atoms with Gasteiger partial charge >= 0.3 is 0 Å². The minimum absolute atomic E-state index is 0.187. The normalized spacial score (nSPS) is 15.9. The monoisotopic (exact) mass is 410 g/mol. The molecule has 4 heteroatoms. The molecule has 4 nitrogen and oxygen atoms in total. The molecule has 2 aromatic rings. The van der Waals surface area contributed by atoms with Crippen molar-refractivity contribution in [3.8, 4) is 5.75 Å². The van der Waals surface area contributed by atoms with Gasteiger partial charge in [-0.3, -0.25) is 4.90 Å². The second-order valence-corrected chi connectivity index (χ2v) is 9.54. The molecule has 164 valence electrons. The van der Waals surface area contributed by atoms with Gasteiger partial charge in [-0.2, -0.15) is 0 Å². The van der Waals surface area contributed by atoms with Gasteiger partial charge < -0.3 is 14.4 Å². The molecule has 0 amide bonds.